The molecular weight excluding hydrogens is 779 g/mol. The summed E-state index contributed by atoms with van der Waals surface area (Å²) in [5.74, 6) is 2.34. The van der Waals surface area contributed by atoms with Crippen molar-refractivity contribution in [3.05, 3.63) is 139 Å². The lowest BCUT2D eigenvalue weighted by Crippen LogP contribution is -2.63. The molecule has 13 nitrogen and oxygen atoms in total. The molecule has 62 heavy (non-hydrogen) atoms. The summed E-state index contributed by atoms with van der Waals surface area (Å²) in [5.41, 5.74) is 29.5. The summed E-state index contributed by atoms with van der Waals surface area (Å²) < 4.78 is 27.3. The second-order valence-electron chi connectivity index (χ2n) is 18.7. The zero-order valence-electron chi connectivity index (χ0n) is 36.8. The van der Waals surface area contributed by atoms with Crippen molar-refractivity contribution >= 4 is 0 Å². The van der Waals surface area contributed by atoms with Crippen molar-refractivity contribution in [2.24, 2.45) is 61.7 Å². The molecular formula is C49H65N9O4. The monoisotopic (exact) mass is 844 g/mol. The van der Waals surface area contributed by atoms with Gasteiger partial charge in [0.1, 0.15) is 5.60 Å². The van der Waals surface area contributed by atoms with Crippen molar-refractivity contribution in [3.63, 3.8) is 0 Å². The number of hydrogen-bond donors (Lipinski definition) is 0. The Labute approximate surface area is 367 Å². The van der Waals surface area contributed by atoms with Gasteiger partial charge in [0.2, 0.25) is 0 Å². The van der Waals surface area contributed by atoms with Crippen LogP contribution in [0.15, 0.2) is 106 Å². The van der Waals surface area contributed by atoms with Gasteiger partial charge < -0.3 is 18.9 Å². The molecule has 0 aromatic heterocycles. The smallest absolute Gasteiger partial charge is 0.143 e. The van der Waals surface area contributed by atoms with Gasteiger partial charge in [0.15, 0.2) is 0 Å². The van der Waals surface area contributed by atoms with E-state index >= 15 is 0 Å². The Morgan fingerprint density at radius 3 is 1.77 bits per heavy atom. The van der Waals surface area contributed by atoms with Gasteiger partial charge in [0, 0.05) is 46.4 Å². The molecule has 0 radical (unpaired) electrons. The van der Waals surface area contributed by atoms with Gasteiger partial charge in [0.05, 0.1) is 38.1 Å². The topological polar surface area (TPSA) is 183 Å². The molecule has 4 aliphatic rings. The second-order valence-corrected chi connectivity index (χ2v) is 18.7. The van der Waals surface area contributed by atoms with Crippen LogP contribution in [0.25, 0.3) is 31.3 Å². The molecule has 0 amide bonds. The number of fused-ring (bicyclic) bond motifs is 5. The molecule has 0 bridgehead atoms. The third-order valence-corrected chi connectivity index (χ3v) is 15.9. The molecule has 4 aliphatic carbocycles. The molecule has 0 saturated heterocycles. The predicted octanol–water partition coefficient (Wildman–Crippen LogP) is 12.4. The van der Waals surface area contributed by atoms with Crippen molar-refractivity contribution in [2.75, 3.05) is 46.1 Å². The van der Waals surface area contributed by atoms with Crippen LogP contribution in [0.5, 0.6) is 0 Å². The molecule has 0 spiro atoms. The second kappa shape index (κ2) is 21.2. The number of benzene rings is 3. The van der Waals surface area contributed by atoms with E-state index in [1.807, 2.05) is 0 Å². The molecule has 4 fully saturated rings. The Balaban J connectivity index is 1.13. The summed E-state index contributed by atoms with van der Waals surface area (Å²) in [6.07, 6.45) is 9.18. The molecule has 4 saturated carbocycles. The third kappa shape index (κ3) is 9.36. The molecule has 0 N–H and O–H groups in total. The van der Waals surface area contributed by atoms with E-state index in [1.54, 1.807) is 0 Å². The fraction of sp³-hybridized carbons (Fsp3) is 0.633. The minimum Gasteiger partial charge on any atom is -0.378 e. The van der Waals surface area contributed by atoms with Gasteiger partial charge in [-0.15, -0.1) is 0 Å². The number of ether oxygens (including phenoxy) is 4. The van der Waals surface area contributed by atoms with Crippen LogP contribution in [0.4, 0.5) is 0 Å². The van der Waals surface area contributed by atoms with Crippen LogP contribution in [-0.2, 0) is 24.5 Å². The Morgan fingerprint density at radius 2 is 1.21 bits per heavy atom. The van der Waals surface area contributed by atoms with Crippen LogP contribution in [0.2, 0.25) is 0 Å². The van der Waals surface area contributed by atoms with Gasteiger partial charge in [0.25, 0.3) is 0 Å². The van der Waals surface area contributed by atoms with Crippen molar-refractivity contribution in [3.8, 4) is 0 Å². The lowest BCUT2D eigenvalue weighted by molar-refractivity contribution is -0.226. The number of azide groups is 3. The SMILES string of the molecule is C[C@H](CCCOC(c1ccccc1)(c1ccccc1)c1ccccc1)[C@H]1CC[C@H]2C3[C@H](OCCN=[N+]=[N-])CC4C[C@H](OCCN=[N+]=[N-])CC[C@]4(C)[C@H]3C[C@H](OCCN=[N+]=[N-])[C@]12C. The molecule has 3 aromatic rings. The van der Waals surface area contributed by atoms with E-state index in [4.69, 9.17) is 35.5 Å². The van der Waals surface area contributed by atoms with Crippen LogP contribution in [-0.4, -0.2) is 64.4 Å². The lowest BCUT2D eigenvalue weighted by atomic mass is 9.43. The first-order valence-electron chi connectivity index (χ1n) is 23.0. The molecule has 330 valence electrons. The molecule has 11 atom stereocenters. The van der Waals surface area contributed by atoms with Crippen LogP contribution < -0.4 is 0 Å². The lowest BCUT2D eigenvalue weighted by Gasteiger charge is -2.64. The Bertz CT molecular complexity index is 1930. The van der Waals surface area contributed by atoms with E-state index < -0.39 is 5.60 Å². The maximum Gasteiger partial charge on any atom is 0.143 e. The molecule has 13 heteroatoms. The number of nitrogens with zero attached hydrogens (tertiary/aromatic N) is 9. The highest BCUT2D eigenvalue weighted by Crippen LogP contribution is 2.69. The zero-order valence-corrected chi connectivity index (χ0v) is 36.8. The van der Waals surface area contributed by atoms with Crippen molar-refractivity contribution < 1.29 is 18.9 Å². The van der Waals surface area contributed by atoms with Crippen molar-refractivity contribution in [1.29, 1.82) is 0 Å². The highest BCUT2D eigenvalue weighted by molar-refractivity contribution is 5.47. The average Bonchev–Trinajstić information content (AvgIpc) is 3.67. The van der Waals surface area contributed by atoms with Gasteiger partial charge in [-0.05, 0) is 132 Å². The predicted molar refractivity (Wildman–Crippen MR) is 241 cm³/mol. The molecule has 7 rings (SSSR count). The highest BCUT2D eigenvalue weighted by atomic mass is 16.5. The average molecular weight is 844 g/mol. The van der Waals surface area contributed by atoms with Crippen molar-refractivity contribution in [2.45, 2.75) is 102 Å². The van der Waals surface area contributed by atoms with Gasteiger partial charge >= 0.3 is 0 Å². The first kappa shape index (κ1) is 45.5. The Hall–Kier alpha value is -4.57. The summed E-state index contributed by atoms with van der Waals surface area (Å²) in [6, 6.07) is 31.8. The van der Waals surface area contributed by atoms with Crippen LogP contribution in [0.3, 0.4) is 0 Å². The molecule has 0 heterocycles. The summed E-state index contributed by atoms with van der Waals surface area (Å²) in [5, 5.41) is 11.4. The maximum atomic E-state index is 9.14. The Morgan fingerprint density at radius 1 is 0.661 bits per heavy atom. The minimum absolute atomic E-state index is 0.00738. The van der Waals surface area contributed by atoms with Gasteiger partial charge in [-0.25, -0.2) is 0 Å². The first-order chi connectivity index (χ1) is 30.3. The summed E-state index contributed by atoms with van der Waals surface area (Å²) >= 11 is 0. The fourth-order valence-electron chi connectivity index (χ4n) is 13.1. The molecule has 0 aliphatic heterocycles. The van der Waals surface area contributed by atoms with E-state index in [0.29, 0.717) is 81.6 Å². The van der Waals surface area contributed by atoms with Crippen LogP contribution in [0.1, 0.15) is 95.2 Å². The van der Waals surface area contributed by atoms with E-state index in [1.165, 1.54) is 0 Å². The van der Waals surface area contributed by atoms with Gasteiger partial charge in [-0.1, -0.05) is 127 Å². The van der Waals surface area contributed by atoms with E-state index in [-0.39, 0.29) is 29.1 Å². The Kier molecular flexibility index (Phi) is 15.5. The largest absolute Gasteiger partial charge is 0.378 e. The zero-order chi connectivity index (χ0) is 43.4. The fourth-order valence-corrected chi connectivity index (χ4v) is 13.1. The molecule has 3 aromatic carbocycles. The minimum atomic E-state index is -0.750. The van der Waals surface area contributed by atoms with Gasteiger partial charge in [-0.3, -0.25) is 0 Å². The van der Waals surface area contributed by atoms with E-state index in [0.717, 1.165) is 74.5 Å². The summed E-state index contributed by atoms with van der Waals surface area (Å²) in [4.78, 5) is 8.93. The maximum absolute atomic E-state index is 9.14. The normalized spacial score (nSPS) is 30.6. The third-order valence-electron chi connectivity index (χ3n) is 15.9. The molecule has 2 unspecified atom stereocenters. The van der Waals surface area contributed by atoms with E-state index in [2.05, 4.69) is 142 Å². The standard InChI is InChI=1S/C49H65N9O4/c1-35(14-13-28-62-49(36-15-7-4-8-16-36,37-17-9-5-10-18-37)38-19-11-6-12-20-38)41-21-22-42-46-43(34-45(48(41,42)3)61-31-27-55-58-52)47(2)24-23-40(59-29-25-53-56-50)32-39(47)33-44(46)60-30-26-54-57-51/h4-12,15-20,35,39-46H,13-14,21-34H2,1-3H3/t35-,39?,40-,41-,42+,43+,44-,45+,46?,47+,48-/m1/s1. The highest BCUT2D eigenvalue weighted by Gasteiger charge is 2.66. The summed E-state index contributed by atoms with van der Waals surface area (Å²) in [6.45, 7) is 10.2. The first-order valence-corrected chi connectivity index (χ1v) is 23.0. The van der Waals surface area contributed by atoms with Gasteiger partial charge in [-0.2, -0.15) is 0 Å². The van der Waals surface area contributed by atoms with Crippen molar-refractivity contribution in [1.82, 2.24) is 0 Å². The van der Waals surface area contributed by atoms with E-state index in [9.17, 15) is 0 Å². The summed E-state index contributed by atoms with van der Waals surface area (Å²) in [7, 11) is 0. The van der Waals surface area contributed by atoms with Crippen LogP contribution >= 0.6 is 0 Å². The number of rotatable bonds is 21. The number of hydrogen-bond acceptors (Lipinski definition) is 7. The van der Waals surface area contributed by atoms with Crippen LogP contribution in [0, 0.1) is 46.3 Å². The quantitative estimate of drug-likeness (QED) is 0.0340.